The van der Waals surface area contributed by atoms with Crippen molar-refractivity contribution < 1.29 is 4.79 Å². The summed E-state index contributed by atoms with van der Waals surface area (Å²) in [4.78, 5) is 18.2. The van der Waals surface area contributed by atoms with Gasteiger partial charge in [0, 0.05) is 6.54 Å². The zero-order valence-electron chi connectivity index (χ0n) is 9.87. The van der Waals surface area contributed by atoms with Crippen molar-refractivity contribution in [2.24, 2.45) is 0 Å². The van der Waals surface area contributed by atoms with Crippen molar-refractivity contribution in [2.45, 2.75) is 0 Å². The lowest BCUT2D eigenvalue weighted by molar-refractivity contribution is 0.0834. The van der Waals surface area contributed by atoms with Gasteiger partial charge in [0.1, 0.15) is 18.1 Å². The van der Waals surface area contributed by atoms with Crippen LogP contribution < -0.4 is 0 Å². The van der Waals surface area contributed by atoms with Crippen molar-refractivity contribution in [2.75, 3.05) is 6.54 Å². The molecule has 0 atom stereocenters. The second kappa shape index (κ2) is 3.33. The van der Waals surface area contributed by atoms with E-state index in [2.05, 4.69) is 11.1 Å². The molecule has 4 rings (SSSR count). The molecule has 0 saturated heterocycles. The minimum atomic E-state index is -0.0271. The van der Waals surface area contributed by atoms with Gasteiger partial charge in [0.25, 0.3) is 5.91 Å². The van der Waals surface area contributed by atoms with Gasteiger partial charge in [-0.25, -0.2) is 4.98 Å². The molecule has 5 nitrogen and oxygen atoms in total. The van der Waals surface area contributed by atoms with Gasteiger partial charge in [-0.2, -0.15) is 5.26 Å². The van der Waals surface area contributed by atoms with Crippen LogP contribution in [0.5, 0.6) is 0 Å². The largest absolute Gasteiger partial charge is 0.302 e. The van der Waals surface area contributed by atoms with E-state index in [-0.39, 0.29) is 5.91 Å². The summed E-state index contributed by atoms with van der Waals surface area (Å²) in [6.45, 7) is 0.582. The number of carbonyl (C=O) groups excluding carboxylic acids is 1. The van der Waals surface area contributed by atoms with Gasteiger partial charge in [-0.3, -0.25) is 9.36 Å². The highest BCUT2D eigenvalue weighted by Gasteiger charge is 2.35. The van der Waals surface area contributed by atoms with Crippen LogP contribution in [0.25, 0.3) is 11.4 Å². The van der Waals surface area contributed by atoms with Crippen molar-refractivity contribution >= 4 is 11.6 Å². The summed E-state index contributed by atoms with van der Waals surface area (Å²) in [6, 6.07) is 9.46. The second-order valence-corrected chi connectivity index (χ2v) is 4.45. The molecule has 1 aromatic heterocycles. The predicted octanol–water partition coefficient (Wildman–Crippen LogP) is 1.55. The summed E-state index contributed by atoms with van der Waals surface area (Å²) in [7, 11) is 0. The maximum absolute atomic E-state index is 12.4. The first-order valence-corrected chi connectivity index (χ1v) is 5.90. The van der Waals surface area contributed by atoms with E-state index < -0.39 is 0 Å². The van der Waals surface area contributed by atoms with Crippen LogP contribution >= 0.6 is 0 Å². The molecular weight excluding hydrogens is 240 g/mol. The fourth-order valence-electron chi connectivity index (χ4n) is 2.56. The first kappa shape index (κ1) is 10.1. The van der Waals surface area contributed by atoms with Crippen molar-refractivity contribution in [1.82, 2.24) is 14.5 Å². The maximum Gasteiger partial charge on any atom is 0.260 e. The number of hydrogen-bond acceptors (Lipinski definition) is 3. The number of amides is 1. The van der Waals surface area contributed by atoms with Crippen LogP contribution in [0.2, 0.25) is 0 Å². The molecule has 0 aliphatic carbocycles. The van der Waals surface area contributed by atoms with Crippen LogP contribution in [0.15, 0.2) is 36.7 Å². The molecule has 3 heterocycles. The number of aromatic nitrogens is 2. The summed E-state index contributed by atoms with van der Waals surface area (Å²) in [5.74, 6) is -0.0271. The number of hydrogen-bond donors (Lipinski definition) is 0. The van der Waals surface area contributed by atoms with Crippen LogP contribution in [0.1, 0.15) is 21.7 Å². The molecule has 2 aliphatic rings. The standard InChI is InChI=1S/C14H8N4O/c15-7-10-13-12-5-6-17(12)14(19)9-3-1-2-4-11(9)18(13)8-16-10/h1-5,8H,6H2. The van der Waals surface area contributed by atoms with Gasteiger partial charge in [0.2, 0.25) is 0 Å². The molecule has 0 radical (unpaired) electrons. The number of benzene rings is 1. The summed E-state index contributed by atoms with van der Waals surface area (Å²) >= 11 is 0. The molecule has 5 heteroatoms. The lowest BCUT2D eigenvalue weighted by atomic mass is 10.1. The first-order valence-electron chi connectivity index (χ1n) is 5.90. The molecule has 2 aromatic rings. The van der Waals surface area contributed by atoms with E-state index in [0.29, 0.717) is 23.5 Å². The normalized spacial score (nSPS) is 15.4. The number of nitrogens with zero attached hydrogens (tertiary/aromatic N) is 4. The number of fused-ring (bicyclic) bond motifs is 5. The fraction of sp³-hybridized carbons (Fsp3) is 0.0714. The molecule has 0 N–H and O–H groups in total. The molecular formula is C14H8N4O. The summed E-state index contributed by atoms with van der Waals surface area (Å²) < 4.78 is 1.82. The zero-order valence-corrected chi connectivity index (χ0v) is 9.87. The molecule has 0 fully saturated rings. The Morgan fingerprint density at radius 3 is 2.89 bits per heavy atom. The Hall–Kier alpha value is -2.87. The van der Waals surface area contributed by atoms with Crippen LogP contribution in [-0.2, 0) is 0 Å². The average molecular weight is 248 g/mol. The Bertz CT molecular complexity index is 794. The molecule has 90 valence electrons. The van der Waals surface area contributed by atoms with Crippen molar-refractivity contribution in [1.29, 1.82) is 5.26 Å². The molecule has 0 saturated carbocycles. The lowest BCUT2D eigenvalue weighted by Crippen LogP contribution is -2.35. The number of para-hydroxylation sites is 1. The smallest absolute Gasteiger partial charge is 0.260 e. The van der Waals surface area contributed by atoms with Gasteiger partial charge >= 0.3 is 0 Å². The quantitative estimate of drug-likeness (QED) is 0.710. The number of imidazole rings is 1. The topological polar surface area (TPSA) is 61.9 Å². The Morgan fingerprint density at radius 2 is 2.16 bits per heavy atom. The van der Waals surface area contributed by atoms with E-state index in [9.17, 15) is 4.79 Å². The third kappa shape index (κ3) is 1.13. The SMILES string of the molecule is N#Cc1ncn2c1C1=CCN1C(=O)c1ccccc1-2. The lowest BCUT2D eigenvalue weighted by Gasteiger charge is -2.29. The van der Waals surface area contributed by atoms with Crippen LogP contribution in [-0.4, -0.2) is 26.9 Å². The van der Waals surface area contributed by atoms with Gasteiger partial charge in [-0.05, 0) is 18.2 Å². The van der Waals surface area contributed by atoms with Crippen LogP contribution in [0, 0.1) is 11.3 Å². The van der Waals surface area contributed by atoms with Gasteiger partial charge in [0.05, 0.1) is 16.9 Å². The van der Waals surface area contributed by atoms with E-state index in [0.717, 1.165) is 11.4 Å². The van der Waals surface area contributed by atoms with Crippen LogP contribution in [0.4, 0.5) is 0 Å². The minimum absolute atomic E-state index is 0.0271. The average Bonchev–Trinajstić information content (AvgIpc) is 2.78. The number of carbonyl (C=O) groups is 1. The van der Waals surface area contributed by atoms with Crippen molar-refractivity contribution in [3.05, 3.63) is 53.6 Å². The highest BCUT2D eigenvalue weighted by atomic mass is 16.2. The van der Waals surface area contributed by atoms with Gasteiger partial charge < -0.3 is 4.90 Å². The molecule has 19 heavy (non-hydrogen) atoms. The highest BCUT2D eigenvalue weighted by molar-refractivity contribution is 6.05. The molecule has 1 amide bonds. The maximum atomic E-state index is 12.4. The summed E-state index contributed by atoms with van der Waals surface area (Å²) in [6.07, 6.45) is 3.54. The Balaban J connectivity index is 2.12. The number of rotatable bonds is 0. The monoisotopic (exact) mass is 248 g/mol. The summed E-state index contributed by atoms with van der Waals surface area (Å²) in [5.41, 5.74) is 3.23. The Labute approximate surface area is 109 Å². The molecule has 0 bridgehead atoms. The molecule has 0 unspecified atom stereocenters. The van der Waals surface area contributed by atoms with E-state index in [4.69, 9.17) is 5.26 Å². The zero-order chi connectivity index (χ0) is 13.0. The Kier molecular flexibility index (Phi) is 1.77. The molecule has 2 aliphatic heterocycles. The predicted molar refractivity (Wildman–Crippen MR) is 67.3 cm³/mol. The van der Waals surface area contributed by atoms with E-state index in [1.807, 2.05) is 28.8 Å². The highest BCUT2D eigenvalue weighted by Crippen LogP contribution is 2.36. The van der Waals surface area contributed by atoms with Gasteiger partial charge in [-0.1, -0.05) is 12.1 Å². The van der Waals surface area contributed by atoms with Gasteiger partial charge in [0.15, 0.2) is 5.69 Å². The van der Waals surface area contributed by atoms with Crippen LogP contribution in [0.3, 0.4) is 0 Å². The summed E-state index contributed by atoms with van der Waals surface area (Å²) in [5, 5.41) is 9.16. The molecule has 0 spiro atoms. The first-order chi connectivity index (χ1) is 9.31. The third-order valence-corrected chi connectivity index (χ3v) is 3.51. The van der Waals surface area contributed by atoms with Gasteiger partial charge in [-0.15, -0.1) is 0 Å². The minimum Gasteiger partial charge on any atom is -0.302 e. The van der Waals surface area contributed by atoms with Crippen molar-refractivity contribution in [3.63, 3.8) is 0 Å². The van der Waals surface area contributed by atoms with E-state index in [1.54, 1.807) is 17.3 Å². The number of nitriles is 1. The van der Waals surface area contributed by atoms with Crippen molar-refractivity contribution in [3.8, 4) is 11.8 Å². The Morgan fingerprint density at radius 1 is 1.32 bits per heavy atom. The second-order valence-electron chi connectivity index (χ2n) is 4.45. The van der Waals surface area contributed by atoms with E-state index in [1.165, 1.54) is 0 Å². The molecule has 1 aromatic carbocycles. The fourth-order valence-corrected chi connectivity index (χ4v) is 2.56. The van der Waals surface area contributed by atoms with E-state index >= 15 is 0 Å². The third-order valence-electron chi connectivity index (χ3n) is 3.51.